The summed E-state index contributed by atoms with van der Waals surface area (Å²) in [4.78, 5) is 11.6. The summed E-state index contributed by atoms with van der Waals surface area (Å²) in [5.41, 5.74) is 0. The van der Waals surface area contributed by atoms with Crippen LogP contribution in [0.3, 0.4) is 0 Å². The van der Waals surface area contributed by atoms with Crippen molar-refractivity contribution in [2.75, 3.05) is 13.2 Å². The van der Waals surface area contributed by atoms with Crippen LogP contribution in [0.5, 0.6) is 0 Å². The maximum Gasteiger partial charge on any atom is 0.345 e. The summed E-state index contributed by atoms with van der Waals surface area (Å²) < 4.78 is 17.2. The average molecular weight is 345 g/mol. The van der Waals surface area contributed by atoms with Crippen LogP contribution in [0.4, 0.5) is 0 Å². The molecule has 0 aromatic heterocycles. The van der Waals surface area contributed by atoms with Crippen molar-refractivity contribution in [3.8, 4) is 0 Å². The van der Waals surface area contributed by atoms with Crippen molar-refractivity contribution in [1.82, 2.24) is 0 Å². The first kappa shape index (κ1) is 14.5. The first-order valence-electron chi connectivity index (χ1n) is 7.55. The standard InChI is InChI=1S/C15H21BrO4/c16-12-9-13(20-15(12)17)11(8-14-18-6-7-19-14)10-4-2-1-3-5-10/h9-11,13-14H,1-8H2/t11-,13-/m0/s1. The Morgan fingerprint density at radius 1 is 1.20 bits per heavy atom. The van der Waals surface area contributed by atoms with Gasteiger partial charge < -0.3 is 14.2 Å². The van der Waals surface area contributed by atoms with Gasteiger partial charge in [-0.3, -0.25) is 0 Å². The molecule has 0 aromatic rings. The first-order valence-corrected chi connectivity index (χ1v) is 8.35. The van der Waals surface area contributed by atoms with Gasteiger partial charge in [0.1, 0.15) is 10.6 Å². The topological polar surface area (TPSA) is 44.8 Å². The van der Waals surface area contributed by atoms with Gasteiger partial charge in [-0.2, -0.15) is 0 Å². The van der Waals surface area contributed by atoms with Crippen molar-refractivity contribution >= 4 is 21.9 Å². The Labute approximate surface area is 128 Å². The van der Waals surface area contributed by atoms with Gasteiger partial charge in [-0.05, 0) is 27.9 Å². The molecule has 0 amide bonds. The van der Waals surface area contributed by atoms with Crippen LogP contribution in [0.15, 0.2) is 10.6 Å². The average Bonchev–Trinajstić information content (AvgIpc) is 3.08. The van der Waals surface area contributed by atoms with Crippen LogP contribution in [0.25, 0.3) is 0 Å². The summed E-state index contributed by atoms with van der Waals surface area (Å²) in [6.07, 6.45) is 8.78. The van der Waals surface area contributed by atoms with Gasteiger partial charge in [-0.25, -0.2) is 4.79 Å². The highest BCUT2D eigenvalue weighted by Gasteiger charge is 2.38. The van der Waals surface area contributed by atoms with E-state index in [1.165, 1.54) is 32.1 Å². The molecular formula is C15H21BrO4. The van der Waals surface area contributed by atoms with E-state index < -0.39 is 0 Å². The highest BCUT2D eigenvalue weighted by Crippen LogP contribution is 2.39. The largest absolute Gasteiger partial charge is 0.454 e. The molecule has 1 aliphatic carbocycles. The van der Waals surface area contributed by atoms with Gasteiger partial charge >= 0.3 is 5.97 Å². The lowest BCUT2D eigenvalue weighted by Gasteiger charge is -2.33. The maximum absolute atomic E-state index is 11.6. The molecule has 2 fully saturated rings. The summed E-state index contributed by atoms with van der Waals surface area (Å²) in [6, 6.07) is 0. The number of carbonyl (C=O) groups is 1. The van der Waals surface area contributed by atoms with Crippen LogP contribution in [-0.2, 0) is 19.0 Å². The van der Waals surface area contributed by atoms with E-state index in [1.807, 2.05) is 6.08 Å². The van der Waals surface area contributed by atoms with E-state index in [-0.39, 0.29) is 18.4 Å². The van der Waals surface area contributed by atoms with Crippen LogP contribution < -0.4 is 0 Å². The first-order chi connectivity index (χ1) is 9.74. The normalized spacial score (nSPS) is 30.4. The third kappa shape index (κ3) is 3.26. The molecule has 2 aliphatic heterocycles. The lowest BCUT2D eigenvalue weighted by atomic mass is 9.76. The predicted octanol–water partition coefficient (Wildman–Crippen LogP) is 3.15. The second kappa shape index (κ2) is 6.58. The smallest absolute Gasteiger partial charge is 0.345 e. The molecule has 5 heteroatoms. The van der Waals surface area contributed by atoms with Crippen LogP contribution in [0.2, 0.25) is 0 Å². The molecule has 2 atom stereocenters. The van der Waals surface area contributed by atoms with E-state index >= 15 is 0 Å². The van der Waals surface area contributed by atoms with Crippen LogP contribution >= 0.6 is 15.9 Å². The number of cyclic esters (lactones) is 1. The molecular weight excluding hydrogens is 324 g/mol. The van der Waals surface area contributed by atoms with Gasteiger partial charge in [0.25, 0.3) is 0 Å². The Morgan fingerprint density at radius 3 is 2.50 bits per heavy atom. The van der Waals surface area contributed by atoms with Crippen LogP contribution in [-0.4, -0.2) is 31.6 Å². The molecule has 3 aliphatic rings. The highest BCUT2D eigenvalue weighted by atomic mass is 79.9. The molecule has 3 rings (SSSR count). The third-order valence-corrected chi connectivity index (χ3v) is 5.17. The van der Waals surface area contributed by atoms with E-state index in [0.717, 1.165) is 6.42 Å². The molecule has 0 bridgehead atoms. The van der Waals surface area contributed by atoms with E-state index in [2.05, 4.69) is 15.9 Å². The van der Waals surface area contributed by atoms with Crippen molar-refractivity contribution in [2.45, 2.75) is 50.9 Å². The zero-order chi connectivity index (χ0) is 13.9. The van der Waals surface area contributed by atoms with Crippen molar-refractivity contribution < 1.29 is 19.0 Å². The van der Waals surface area contributed by atoms with Gasteiger partial charge in [0.15, 0.2) is 6.29 Å². The summed E-state index contributed by atoms with van der Waals surface area (Å²) in [5, 5.41) is 0. The minimum absolute atomic E-state index is 0.131. The number of halogens is 1. The van der Waals surface area contributed by atoms with E-state index in [9.17, 15) is 4.79 Å². The number of ether oxygens (including phenoxy) is 3. The molecule has 4 nitrogen and oxygen atoms in total. The van der Waals surface area contributed by atoms with E-state index in [1.54, 1.807) is 0 Å². The predicted molar refractivity (Wildman–Crippen MR) is 77.3 cm³/mol. The van der Waals surface area contributed by atoms with Crippen LogP contribution in [0, 0.1) is 11.8 Å². The zero-order valence-electron chi connectivity index (χ0n) is 11.6. The fourth-order valence-electron chi connectivity index (χ4n) is 3.56. The van der Waals surface area contributed by atoms with Gasteiger partial charge in [0.05, 0.1) is 13.2 Å². The van der Waals surface area contributed by atoms with Crippen LogP contribution in [0.1, 0.15) is 38.5 Å². The number of carbonyl (C=O) groups excluding carboxylic acids is 1. The number of rotatable bonds is 4. The summed E-state index contributed by atoms with van der Waals surface area (Å²) >= 11 is 3.27. The lowest BCUT2D eigenvalue weighted by molar-refractivity contribution is -0.144. The van der Waals surface area contributed by atoms with Gasteiger partial charge in [0.2, 0.25) is 0 Å². The van der Waals surface area contributed by atoms with Gasteiger partial charge in [-0.15, -0.1) is 0 Å². The van der Waals surface area contributed by atoms with Crippen molar-refractivity contribution in [3.63, 3.8) is 0 Å². The monoisotopic (exact) mass is 344 g/mol. The molecule has 0 aromatic carbocycles. The molecule has 112 valence electrons. The highest BCUT2D eigenvalue weighted by molar-refractivity contribution is 9.12. The Balaban J connectivity index is 1.70. The molecule has 2 heterocycles. The van der Waals surface area contributed by atoms with Crippen molar-refractivity contribution in [1.29, 1.82) is 0 Å². The van der Waals surface area contributed by atoms with Crippen molar-refractivity contribution in [2.24, 2.45) is 11.8 Å². The van der Waals surface area contributed by atoms with Gasteiger partial charge in [-0.1, -0.05) is 32.1 Å². The Hall–Kier alpha value is -0.390. The second-order valence-electron chi connectivity index (χ2n) is 5.85. The zero-order valence-corrected chi connectivity index (χ0v) is 13.1. The Morgan fingerprint density at radius 2 is 1.90 bits per heavy atom. The molecule has 1 saturated carbocycles. The molecule has 0 unspecified atom stereocenters. The quantitative estimate of drug-likeness (QED) is 0.735. The second-order valence-corrected chi connectivity index (χ2v) is 6.71. The molecule has 0 spiro atoms. The maximum atomic E-state index is 11.6. The minimum Gasteiger partial charge on any atom is -0.454 e. The lowest BCUT2D eigenvalue weighted by Crippen LogP contribution is -2.32. The fraction of sp³-hybridized carbons (Fsp3) is 0.800. The molecule has 0 N–H and O–H groups in total. The SMILES string of the molecule is O=C1O[C@H]([C@@H](CC2OCCO2)C2CCCCC2)C=C1Br. The van der Waals surface area contributed by atoms with E-state index in [4.69, 9.17) is 14.2 Å². The molecule has 0 radical (unpaired) electrons. The number of hydrogen-bond donors (Lipinski definition) is 0. The Kier molecular flexibility index (Phi) is 4.79. The summed E-state index contributed by atoms with van der Waals surface area (Å²) in [5.74, 6) is 0.658. The number of esters is 1. The van der Waals surface area contributed by atoms with Gasteiger partial charge in [0, 0.05) is 12.3 Å². The fourth-order valence-corrected chi connectivity index (χ4v) is 3.91. The minimum atomic E-state index is -0.246. The summed E-state index contributed by atoms with van der Waals surface area (Å²) in [6.45, 7) is 1.35. The third-order valence-electron chi connectivity index (χ3n) is 4.58. The molecule has 20 heavy (non-hydrogen) atoms. The Bertz CT molecular complexity index is 383. The number of hydrogen-bond acceptors (Lipinski definition) is 4. The molecule has 1 saturated heterocycles. The van der Waals surface area contributed by atoms with Crippen molar-refractivity contribution in [3.05, 3.63) is 10.6 Å². The van der Waals surface area contributed by atoms with E-state index in [0.29, 0.717) is 29.5 Å². The summed E-state index contributed by atoms with van der Waals surface area (Å²) in [7, 11) is 0.